The minimum absolute atomic E-state index is 0.00604. The van der Waals surface area contributed by atoms with Crippen molar-refractivity contribution < 1.29 is 42.8 Å². The molecule has 76 heavy (non-hydrogen) atoms. The van der Waals surface area contributed by atoms with E-state index in [1.807, 2.05) is 78.6 Å². The van der Waals surface area contributed by atoms with E-state index in [2.05, 4.69) is 60.6 Å². The van der Waals surface area contributed by atoms with Crippen molar-refractivity contribution in [2.24, 2.45) is 17.8 Å². The van der Waals surface area contributed by atoms with Gasteiger partial charge in [0.15, 0.2) is 0 Å². The number of carbonyl (C=O) groups excluding carboxylic acids is 3. The summed E-state index contributed by atoms with van der Waals surface area (Å²) in [6.07, 6.45) is 17.2. The second-order valence-corrected chi connectivity index (χ2v) is 23.0. The third-order valence-corrected chi connectivity index (χ3v) is 16.5. The van der Waals surface area contributed by atoms with Crippen LogP contribution in [0.15, 0.2) is 78.9 Å². The summed E-state index contributed by atoms with van der Waals surface area (Å²) in [6, 6.07) is 25.5. The molecule has 0 N–H and O–H groups in total. The summed E-state index contributed by atoms with van der Waals surface area (Å²) < 4.78 is 37.2. The highest BCUT2D eigenvalue weighted by molar-refractivity contribution is 5.77. The molecule has 6 rings (SSSR count). The molecule has 2 heterocycles. The van der Waals surface area contributed by atoms with Gasteiger partial charge in [0.2, 0.25) is 5.91 Å². The van der Waals surface area contributed by atoms with Crippen molar-refractivity contribution in [1.82, 2.24) is 4.90 Å². The number of hydrogen-bond donors (Lipinski definition) is 0. The number of amides is 1. The third kappa shape index (κ3) is 16.1. The molecule has 0 unspecified atom stereocenters. The maximum absolute atomic E-state index is 14.2. The highest BCUT2D eigenvalue weighted by Gasteiger charge is 2.43. The first-order chi connectivity index (χ1) is 36.5. The molecule has 1 fully saturated rings. The first kappa shape index (κ1) is 59.9. The smallest absolute Gasteiger partial charge is 0.311 e. The summed E-state index contributed by atoms with van der Waals surface area (Å²) in [5.74, 6) is 4.93. The first-order valence-corrected chi connectivity index (χ1v) is 29.0. The van der Waals surface area contributed by atoms with Crippen LogP contribution in [0.2, 0.25) is 0 Å². The number of rotatable bonds is 30. The monoisotopic (exact) mass is 1040 g/mol. The van der Waals surface area contributed by atoms with Crippen molar-refractivity contribution in [2.45, 2.75) is 208 Å². The normalized spacial score (nSPS) is 18.2. The van der Waals surface area contributed by atoms with Gasteiger partial charge < -0.3 is 33.3 Å². The Bertz CT molecular complexity index is 2400. The van der Waals surface area contributed by atoms with E-state index < -0.39 is 11.7 Å². The van der Waals surface area contributed by atoms with Gasteiger partial charge in [-0.15, -0.1) is 0 Å². The van der Waals surface area contributed by atoms with Crippen LogP contribution < -0.4 is 18.9 Å². The predicted molar refractivity (Wildman–Crippen MR) is 305 cm³/mol. The minimum atomic E-state index is -1.07. The number of hydrogen-bond acceptors (Lipinski definition) is 9. The second kappa shape index (κ2) is 28.9. The van der Waals surface area contributed by atoms with Gasteiger partial charge in [0.1, 0.15) is 40.3 Å². The van der Waals surface area contributed by atoms with Crippen molar-refractivity contribution in [2.75, 3.05) is 27.4 Å². The molecule has 0 aromatic heterocycles. The van der Waals surface area contributed by atoms with Crippen LogP contribution in [0, 0.1) is 38.5 Å². The van der Waals surface area contributed by atoms with Gasteiger partial charge >= 0.3 is 11.9 Å². The van der Waals surface area contributed by atoms with Gasteiger partial charge in [-0.3, -0.25) is 14.4 Å². The lowest BCUT2D eigenvalue weighted by molar-refractivity contribution is -0.148. The predicted octanol–water partition coefficient (Wildman–Crippen LogP) is 15.3. The van der Waals surface area contributed by atoms with E-state index in [1.54, 1.807) is 21.1 Å². The molecule has 0 radical (unpaired) electrons. The molecule has 5 atom stereocenters. The van der Waals surface area contributed by atoms with E-state index in [9.17, 15) is 14.4 Å². The molecule has 4 aromatic rings. The Morgan fingerprint density at radius 1 is 0.684 bits per heavy atom. The lowest BCUT2D eigenvalue weighted by Gasteiger charge is -2.38. The number of esters is 2. The van der Waals surface area contributed by atoms with Crippen molar-refractivity contribution in [3.63, 3.8) is 0 Å². The number of ether oxygens (including phenoxy) is 6. The standard InChI is InChI=1S/C66H93NO9/c1-12-61(69)74-58-43-55(45-73-66(52-28-16-15-17-29-52,53-32-36-56(71-10)37-33-53)54-34-38-57(72-11)39-35-54)67(44-58)60(68)30-18-13-14-19-31-62(70)75-63-49(6)50(7)64-59(51(63)8)40-42-65(9,76-64)41-22-27-48(5)26-21-25-47(4)24-20-23-46(2)3/h15-17,28-29,32-39,46-48,55,58H,12-14,18-27,30-31,40-45H2,1-11H3/t47-,48-,55+,58-,65-/m1/s1. The maximum atomic E-state index is 14.2. The second-order valence-electron chi connectivity index (χ2n) is 23.0. The number of methoxy groups -OCH3 is 2. The summed E-state index contributed by atoms with van der Waals surface area (Å²) in [6.45, 7) is 20.3. The molecule has 416 valence electrons. The van der Waals surface area contributed by atoms with Gasteiger partial charge in [-0.25, -0.2) is 0 Å². The van der Waals surface area contributed by atoms with Crippen LogP contribution in [-0.4, -0.2) is 67.9 Å². The van der Waals surface area contributed by atoms with Crippen LogP contribution in [-0.2, 0) is 35.9 Å². The minimum Gasteiger partial charge on any atom is -0.497 e. The molecule has 0 spiro atoms. The molecule has 1 saturated heterocycles. The van der Waals surface area contributed by atoms with Gasteiger partial charge in [-0.05, 0) is 142 Å². The lowest BCUT2D eigenvalue weighted by atomic mass is 9.80. The van der Waals surface area contributed by atoms with Crippen LogP contribution in [0.1, 0.15) is 196 Å². The number of fused-ring (bicyclic) bond motifs is 1. The van der Waals surface area contributed by atoms with Gasteiger partial charge in [0.05, 0.1) is 33.4 Å². The number of nitrogens with zero attached hydrogens (tertiary/aromatic N) is 1. The molecule has 0 saturated carbocycles. The Hall–Kier alpha value is -5.35. The largest absolute Gasteiger partial charge is 0.497 e. The average molecular weight is 1040 g/mol. The highest BCUT2D eigenvalue weighted by atomic mass is 16.5. The van der Waals surface area contributed by atoms with E-state index in [4.69, 9.17) is 28.4 Å². The summed E-state index contributed by atoms with van der Waals surface area (Å²) in [7, 11) is 3.29. The molecule has 2 aliphatic rings. The van der Waals surface area contributed by atoms with Crippen LogP contribution in [0.4, 0.5) is 0 Å². The Morgan fingerprint density at radius 3 is 1.83 bits per heavy atom. The topological polar surface area (TPSA) is 110 Å². The van der Waals surface area contributed by atoms with Crippen LogP contribution in [0.25, 0.3) is 0 Å². The van der Waals surface area contributed by atoms with Crippen LogP contribution in [0.3, 0.4) is 0 Å². The fraction of sp³-hybridized carbons (Fsp3) is 0.591. The van der Waals surface area contributed by atoms with Crippen molar-refractivity contribution in [3.8, 4) is 23.0 Å². The molecule has 4 aromatic carbocycles. The van der Waals surface area contributed by atoms with Gasteiger partial charge in [-0.2, -0.15) is 0 Å². The van der Waals surface area contributed by atoms with Gasteiger partial charge in [0.25, 0.3) is 0 Å². The highest BCUT2D eigenvalue weighted by Crippen LogP contribution is 2.46. The zero-order valence-corrected chi connectivity index (χ0v) is 48.4. The van der Waals surface area contributed by atoms with Crippen LogP contribution in [0.5, 0.6) is 23.0 Å². The molecule has 1 amide bonds. The van der Waals surface area contributed by atoms with E-state index >= 15 is 0 Å². The molecule has 10 heteroatoms. The lowest BCUT2D eigenvalue weighted by Crippen LogP contribution is -2.42. The fourth-order valence-corrected chi connectivity index (χ4v) is 11.6. The Kier molecular flexibility index (Phi) is 22.7. The van der Waals surface area contributed by atoms with E-state index in [-0.39, 0.29) is 42.5 Å². The van der Waals surface area contributed by atoms with E-state index in [0.717, 1.165) is 106 Å². The van der Waals surface area contributed by atoms with Crippen molar-refractivity contribution >= 4 is 17.8 Å². The Morgan fingerprint density at radius 2 is 1.25 bits per heavy atom. The molecular formula is C66H93NO9. The third-order valence-electron chi connectivity index (χ3n) is 16.5. The molecule has 0 bridgehead atoms. The van der Waals surface area contributed by atoms with E-state index in [1.165, 1.54) is 51.4 Å². The van der Waals surface area contributed by atoms with Gasteiger partial charge in [-0.1, -0.05) is 147 Å². The number of carbonyl (C=O) groups is 3. The van der Waals surface area contributed by atoms with Crippen molar-refractivity contribution in [3.05, 3.63) is 118 Å². The summed E-state index contributed by atoms with van der Waals surface area (Å²) in [5.41, 5.74) is 5.62. The summed E-state index contributed by atoms with van der Waals surface area (Å²) in [5, 5.41) is 0. The maximum Gasteiger partial charge on any atom is 0.311 e. The summed E-state index contributed by atoms with van der Waals surface area (Å²) in [4.78, 5) is 42.0. The first-order valence-electron chi connectivity index (χ1n) is 29.0. The Balaban J connectivity index is 1.00. The summed E-state index contributed by atoms with van der Waals surface area (Å²) >= 11 is 0. The SMILES string of the molecule is CCC(=O)O[C@@H]1C[C@@H](COC(c2ccccc2)(c2ccc(OC)cc2)c2ccc(OC)cc2)N(C(=O)CCCCCCC(=O)Oc2c(C)c(C)c3c(c2C)CC[C@@](C)(CCC[C@H](C)CCC[C@H](C)CCCC(C)C)O3)C1. The van der Waals surface area contributed by atoms with Crippen molar-refractivity contribution in [1.29, 1.82) is 0 Å². The van der Waals surface area contributed by atoms with Crippen LogP contribution >= 0.6 is 0 Å². The number of likely N-dealkylation sites (tertiary alicyclic amines) is 1. The zero-order chi connectivity index (χ0) is 54.8. The fourth-order valence-electron chi connectivity index (χ4n) is 11.6. The molecule has 2 aliphatic heterocycles. The quantitative estimate of drug-likeness (QED) is 0.0218. The number of benzene rings is 4. The molecular weight excluding hydrogens is 951 g/mol. The Labute approximate surface area is 457 Å². The zero-order valence-electron chi connectivity index (χ0n) is 48.4. The number of unbranched alkanes of at least 4 members (excludes halogenated alkanes) is 3. The average Bonchev–Trinajstić information content (AvgIpc) is 3.84. The van der Waals surface area contributed by atoms with E-state index in [0.29, 0.717) is 44.4 Å². The molecule has 0 aliphatic carbocycles. The van der Waals surface area contributed by atoms with Gasteiger partial charge in [0, 0.05) is 31.2 Å². The molecule has 10 nitrogen and oxygen atoms in total.